The Labute approximate surface area is 135 Å². The average Bonchev–Trinajstić information content (AvgIpc) is 2.54. The fraction of sp³-hybridized carbons (Fsp3) is 0.125. The summed E-state index contributed by atoms with van der Waals surface area (Å²) in [5.74, 6) is -0.247. The van der Waals surface area contributed by atoms with Crippen LogP contribution < -0.4 is 10.1 Å². The van der Waals surface area contributed by atoms with E-state index in [-0.39, 0.29) is 24.9 Å². The lowest BCUT2D eigenvalue weighted by molar-refractivity contribution is -0.123. The molecule has 0 aliphatic carbocycles. The van der Waals surface area contributed by atoms with E-state index in [2.05, 4.69) is 21.2 Å². The summed E-state index contributed by atoms with van der Waals surface area (Å²) in [4.78, 5) is 11.7. The number of amides is 1. The molecule has 0 aromatic heterocycles. The van der Waals surface area contributed by atoms with Crippen molar-refractivity contribution in [3.8, 4) is 11.8 Å². The van der Waals surface area contributed by atoms with Crippen molar-refractivity contribution in [3.63, 3.8) is 0 Å². The Morgan fingerprint density at radius 3 is 2.68 bits per heavy atom. The maximum Gasteiger partial charge on any atom is 0.258 e. The Balaban J connectivity index is 1.83. The Morgan fingerprint density at radius 1 is 1.27 bits per heavy atom. The SMILES string of the molecule is N#Cc1ccc(OCC(=O)NCc2cc(Br)ccc2F)cc1. The summed E-state index contributed by atoms with van der Waals surface area (Å²) in [5, 5.41) is 11.3. The maximum atomic E-state index is 13.5. The molecule has 2 aromatic rings. The Morgan fingerprint density at radius 2 is 2.00 bits per heavy atom. The summed E-state index contributed by atoms with van der Waals surface area (Å²) in [5.41, 5.74) is 0.906. The average molecular weight is 363 g/mol. The molecule has 6 heteroatoms. The van der Waals surface area contributed by atoms with Crippen LogP contribution in [-0.2, 0) is 11.3 Å². The minimum Gasteiger partial charge on any atom is -0.484 e. The van der Waals surface area contributed by atoms with Crippen LogP contribution in [0.3, 0.4) is 0 Å². The summed E-state index contributed by atoms with van der Waals surface area (Å²) in [7, 11) is 0. The third-order valence-electron chi connectivity index (χ3n) is 2.84. The van der Waals surface area contributed by atoms with Crippen molar-refractivity contribution >= 4 is 21.8 Å². The Hall–Kier alpha value is -2.39. The van der Waals surface area contributed by atoms with E-state index in [9.17, 15) is 9.18 Å². The molecule has 1 amide bonds. The van der Waals surface area contributed by atoms with E-state index in [1.54, 1.807) is 36.4 Å². The van der Waals surface area contributed by atoms with Crippen LogP contribution in [0.5, 0.6) is 5.75 Å². The zero-order valence-corrected chi connectivity index (χ0v) is 13.1. The second-order valence-electron chi connectivity index (χ2n) is 4.44. The molecule has 0 aliphatic rings. The van der Waals surface area contributed by atoms with Gasteiger partial charge in [0.25, 0.3) is 5.91 Å². The van der Waals surface area contributed by atoms with Crippen LogP contribution in [0.1, 0.15) is 11.1 Å². The molecule has 0 aliphatic heterocycles. The van der Waals surface area contributed by atoms with Gasteiger partial charge in [0, 0.05) is 16.6 Å². The molecule has 2 rings (SSSR count). The highest BCUT2D eigenvalue weighted by atomic mass is 79.9. The van der Waals surface area contributed by atoms with Gasteiger partial charge >= 0.3 is 0 Å². The quantitative estimate of drug-likeness (QED) is 0.888. The van der Waals surface area contributed by atoms with E-state index in [1.807, 2.05) is 6.07 Å². The van der Waals surface area contributed by atoms with Crippen molar-refractivity contribution in [3.05, 3.63) is 63.9 Å². The summed E-state index contributed by atoms with van der Waals surface area (Å²) < 4.78 is 19.5. The topological polar surface area (TPSA) is 62.1 Å². The maximum absolute atomic E-state index is 13.5. The fourth-order valence-electron chi connectivity index (χ4n) is 1.70. The smallest absolute Gasteiger partial charge is 0.258 e. The highest BCUT2D eigenvalue weighted by Crippen LogP contribution is 2.15. The molecule has 2 aromatic carbocycles. The van der Waals surface area contributed by atoms with Crippen LogP contribution in [0.15, 0.2) is 46.9 Å². The van der Waals surface area contributed by atoms with Crippen LogP contribution in [0, 0.1) is 17.1 Å². The molecule has 0 unspecified atom stereocenters. The lowest BCUT2D eigenvalue weighted by Crippen LogP contribution is -2.28. The molecule has 0 radical (unpaired) electrons. The first-order chi connectivity index (χ1) is 10.6. The number of nitrogens with one attached hydrogen (secondary N) is 1. The molecule has 0 spiro atoms. The first-order valence-corrected chi connectivity index (χ1v) is 7.21. The predicted molar refractivity (Wildman–Crippen MR) is 82.6 cm³/mol. The molecule has 0 saturated heterocycles. The first kappa shape index (κ1) is 16.0. The molecular formula is C16H12BrFN2O2. The highest BCUT2D eigenvalue weighted by Gasteiger charge is 2.06. The van der Waals surface area contributed by atoms with Crippen molar-refractivity contribution < 1.29 is 13.9 Å². The number of nitriles is 1. The Bertz CT molecular complexity index is 711. The molecule has 4 nitrogen and oxygen atoms in total. The Kier molecular flexibility index (Phi) is 5.50. The summed E-state index contributed by atoms with van der Waals surface area (Å²) in [6.45, 7) is -0.0949. The monoisotopic (exact) mass is 362 g/mol. The van der Waals surface area contributed by atoms with Crippen LogP contribution >= 0.6 is 15.9 Å². The third kappa shape index (κ3) is 4.57. The minimum atomic E-state index is -0.378. The van der Waals surface area contributed by atoms with E-state index in [0.29, 0.717) is 16.9 Å². The molecule has 0 heterocycles. The van der Waals surface area contributed by atoms with Gasteiger partial charge in [0.05, 0.1) is 11.6 Å². The van der Waals surface area contributed by atoms with Gasteiger partial charge in [0.2, 0.25) is 0 Å². The number of rotatable bonds is 5. The normalized spacial score (nSPS) is 9.86. The number of nitrogens with zero attached hydrogens (tertiary/aromatic N) is 1. The molecule has 0 saturated carbocycles. The van der Waals surface area contributed by atoms with Crippen molar-refractivity contribution in [1.82, 2.24) is 5.32 Å². The van der Waals surface area contributed by atoms with Crippen LogP contribution in [-0.4, -0.2) is 12.5 Å². The van der Waals surface area contributed by atoms with Gasteiger partial charge in [-0.3, -0.25) is 4.79 Å². The third-order valence-corrected chi connectivity index (χ3v) is 3.33. The van der Waals surface area contributed by atoms with E-state index in [1.165, 1.54) is 6.07 Å². The highest BCUT2D eigenvalue weighted by molar-refractivity contribution is 9.10. The molecule has 22 heavy (non-hydrogen) atoms. The van der Waals surface area contributed by atoms with E-state index in [0.717, 1.165) is 4.47 Å². The van der Waals surface area contributed by atoms with Crippen molar-refractivity contribution in [1.29, 1.82) is 5.26 Å². The molecule has 0 bridgehead atoms. The fourth-order valence-corrected chi connectivity index (χ4v) is 2.11. The zero-order valence-electron chi connectivity index (χ0n) is 11.5. The first-order valence-electron chi connectivity index (χ1n) is 6.42. The lowest BCUT2D eigenvalue weighted by atomic mass is 10.2. The van der Waals surface area contributed by atoms with Gasteiger partial charge < -0.3 is 10.1 Å². The zero-order chi connectivity index (χ0) is 15.9. The van der Waals surface area contributed by atoms with Gasteiger partial charge in [-0.1, -0.05) is 15.9 Å². The second kappa shape index (κ2) is 7.57. The van der Waals surface area contributed by atoms with Gasteiger partial charge in [-0.25, -0.2) is 4.39 Å². The van der Waals surface area contributed by atoms with Gasteiger partial charge in [0.15, 0.2) is 6.61 Å². The van der Waals surface area contributed by atoms with E-state index < -0.39 is 0 Å². The summed E-state index contributed by atoms with van der Waals surface area (Å²) in [6.07, 6.45) is 0. The van der Waals surface area contributed by atoms with Gasteiger partial charge in [-0.05, 0) is 42.5 Å². The number of halogens is 2. The van der Waals surface area contributed by atoms with Crippen molar-refractivity contribution in [2.24, 2.45) is 0 Å². The van der Waals surface area contributed by atoms with Gasteiger partial charge in [-0.15, -0.1) is 0 Å². The number of hydrogen-bond donors (Lipinski definition) is 1. The van der Waals surface area contributed by atoms with Crippen molar-refractivity contribution in [2.45, 2.75) is 6.54 Å². The second-order valence-corrected chi connectivity index (χ2v) is 5.35. The molecule has 0 fully saturated rings. The van der Waals surface area contributed by atoms with Gasteiger partial charge in [-0.2, -0.15) is 5.26 Å². The summed E-state index contributed by atoms with van der Waals surface area (Å²) in [6, 6.07) is 12.9. The van der Waals surface area contributed by atoms with Crippen molar-refractivity contribution in [2.75, 3.05) is 6.61 Å². The lowest BCUT2D eigenvalue weighted by Gasteiger charge is -2.08. The minimum absolute atomic E-state index is 0.0842. The predicted octanol–water partition coefficient (Wildman–Crippen LogP) is 3.16. The largest absolute Gasteiger partial charge is 0.484 e. The molecule has 112 valence electrons. The number of ether oxygens (including phenoxy) is 1. The van der Waals surface area contributed by atoms with Gasteiger partial charge in [0.1, 0.15) is 11.6 Å². The van der Waals surface area contributed by atoms with Crippen LogP contribution in [0.2, 0.25) is 0 Å². The number of benzene rings is 2. The number of hydrogen-bond acceptors (Lipinski definition) is 3. The molecule has 1 N–H and O–H groups in total. The molecule has 0 atom stereocenters. The summed E-state index contributed by atoms with van der Waals surface area (Å²) >= 11 is 3.25. The number of carbonyl (C=O) groups excluding carboxylic acids is 1. The van der Waals surface area contributed by atoms with Crippen LogP contribution in [0.25, 0.3) is 0 Å². The van der Waals surface area contributed by atoms with E-state index in [4.69, 9.17) is 10.00 Å². The van der Waals surface area contributed by atoms with Crippen LogP contribution in [0.4, 0.5) is 4.39 Å². The van der Waals surface area contributed by atoms with E-state index >= 15 is 0 Å². The number of carbonyl (C=O) groups is 1. The molecular weight excluding hydrogens is 351 g/mol. The standard InChI is InChI=1S/C16H12BrFN2O2/c17-13-3-6-15(18)12(7-13)9-20-16(21)10-22-14-4-1-11(8-19)2-5-14/h1-7H,9-10H2,(H,20,21).